The molecule has 0 aliphatic rings. The lowest BCUT2D eigenvalue weighted by Gasteiger charge is -1.95. The summed E-state index contributed by atoms with van der Waals surface area (Å²) >= 11 is 5.45. The molecule has 0 aliphatic carbocycles. The molecule has 0 radical (unpaired) electrons. The second kappa shape index (κ2) is 7.70. The lowest BCUT2D eigenvalue weighted by molar-refractivity contribution is 0.0984. The first kappa shape index (κ1) is 17.1. The van der Waals surface area contributed by atoms with Crippen molar-refractivity contribution < 1.29 is 14.4 Å². The van der Waals surface area contributed by atoms with Crippen molar-refractivity contribution in [1.29, 1.82) is 0 Å². The van der Waals surface area contributed by atoms with E-state index in [-0.39, 0.29) is 11.3 Å². The molecule has 8 nitrogen and oxygen atoms in total. The smallest absolute Gasteiger partial charge is 0.267 e. The molecule has 0 spiro atoms. The Labute approximate surface area is 130 Å². The molecule has 0 saturated heterocycles. The summed E-state index contributed by atoms with van der Waals surface area (Å²) in [5.41, 5.74) is 15.5. The van der Waals surface area contributed by atoms with Gasteiger partial charge in [0, 0.05) is 12.4 Å². The molecule has 0 fully saturated rings. The van der Waals surface area contributed by atoms with Crippen molar-refractivity contribution in [2.24, 2.45) is 17.2 Å². The van der Waals surface area contributed by atoms with Crippen LogP contribution in [-0.2, 0) is 0 Å². The Hall–Kier alpha value is -3.00. The third kappa shape index (κ3) is 5.17. The van der Waals surface area contributed by atoms with Crippen LogP contribution in [0.15, 0.2) is 36.7 Å². The molecule has 0 aromatic carbocycles. The fraction of sp³-hybridized carbons (Fsp3) is 0. The highest BCUT2D eigenvalue weighted by Gasteiger charge is 2.03. The zero-order valence-corrected chi connectivity index (χ0v) is 11.9. The van der Waals surface area contributed by atoms with Crippen molar-refractivity contribution in [3.05, 3.63) is 58.6 Å². The highest BCUT2D eigenvalue weighted by atomic mass is 35.5. The largest absolute Gasteiger partial charge is 0.366 e. The molecule has 2 aromatic heterocycles. The summed E-state index contributed by atoms with van der Waals surface area (Å²) in [6.45, 7) is 0. The molecular formula is C13H12ClN5O3. The normalized spacial score (nSPS) is 9.32. The number of halogens is 1. The number of hydrogen-bond donors (Lipinski definition) is 3. The van der Waals surface area contributed by atoms with E-state index < -0.39 is 17.7 Å². The van der Waals surface area contributed by atoms with E-state index in [1.54, 1.807) is 0 Å². The number of hydrogen-bond acceptors (Lipinski definition) is 5. The van der Waals surface area contributed by atoms with E-state index >= 15 is 0 Å². The Morgan fingerprint density at radius 1 is 0.773 bits per heavy atom. The predicted octanol–water partition coefficient (Wildman–Crippen LogP) is 0.113. The third-order valence-corrected chi connectivity index (χ3v) is 2.54. The number of rotatable bonds is 3. The number of primary amides is 3. The fourth-order valence-corrected chi connectivity index (χ4v) is 1.32. The van der Waals surface area contributed by atoms with Crippen molar-refractivity contribution in [2.45, 2.75) is 0 Å². The van der Waals surface area contributed by atoms with Gasteiger partial charge in [0.1, 0.15) is 10.8 Å². The van der Waals surface area contributed by atoms with Gasteiger partial charge in [-0.3, -0.25) is 19.4 Å². The maximum absolute atomic E-state index is 10.5. The van der Waals surface area contributed by atoms with Crippen LogP contribution >= 0.6 is 11.6 Å². The second-order valence-corrected chi connectivity index (χ2v) is 4.28. The molecule has 2 aromatic rings. The number of carbonyl (C=O) groups excluding carboxylic acids is 3. The fourth-order valence-electron chi connectivity index (χ4n) is 1.21. The monoisotopic (exact) mass is 321 g/mol. The molecule has 2 rings (SSSR count). The summed E-state index contributed by atoms with van der Waals surface area (Å²) in [5, 5.41) is 0.352. The molecule has 0 aliphatic heterocycles. The lowest BCUT2D eigenvalue weighted by Crippen LogP contribution is -2.15. The molecule has 3 amide bonds. The van der Waals surface area contributed by atoms with Crippen LogP contribution in [0.1, 0.15) is 31.2 Å². The molecule has 0 unspecified atom stereocenters. The summed E-state index contributed by atoms with van der Waals surface area (Å²) < 4.78 is 0. The van der Waals surface area contributed by atoms with Gasteiger partial charge in [-0.1, -0.05) is 11.6 Å². The maximum Gasteiger partial charge on any atom is 0.267 e. The van der Waals surface area contributed by atoms with Crippen LogP contribution < -0.4 is 17.2 Å². The van der Waals surface area contributed by atoms with Crippen molar-refractivity contribution in [3.63, 3.8) is 0 Å². The summed E-state index contributed by atoms with van der Waals surface area (Å²) in [6, 6.07) is 5.79. The van der Waals surface area contributed by atoms with Crippen LogP contribution in [0.4, 0.5) is 0 Å². The first-order valence-electron chi connectivity index (χ1n) is 5.78. The van der Waals surface area contributed by atoms with E-state index in [0.717, 1.165) is 0 Å². The van der Waals surface area contributed by atoms with E-state index in [1.165, 1.54) is 36.7 Å². The van der Waals surface area contributed by atoms with Gasteiger partial charge in [-0.05, 0) is 24.3 Å². The molecule has 0 bridgehead atoms. The van der Waals surface area contributed by atoms with Crippen molar-refractivity contribution >= 4 is 29.3 Å². The van der Waals surface area contributed by atoms with Gasteiger partial charge < -0.3 is 17.2 Å². The van der Waals surface area contributed by atoms with Gasteiger partial charge in [-0.25, -0.2) is 4.98 Å². The Bertz CT molecular complexity index is 653. The van der Waals surface area contributed by atoms with E-state index in [4.69, 9.17) is 28.8 Å². The van der Waals surface area contributed by atoms with Gasteiger partial charge >= 0.3 is 0 Å². The highest BCUT2D eigenvalue weighted by Crippen LogP contribution is 2.03. The molecule has 0 atom stereocenters. The number of pyridine rings is 2. The third-order valence-electron chi connectivity index (χ3n) is 2.31. The summed E-state index contributed by atoms with van der Waals surface area (Å²) in [5.74, 6) is -1.71. The quantitative estimate of drug-likeness (QED) is 0.684. The molecule has 2 heterocycles. The Morgan fingerprint density at radius 2 is 1.27 bits per heavy atom. The van der Waals surface area contributed by atoms with Gasteiger partial charge in [0.2, 0.25) is 11.8 Å². The number of nitrogens with two attached hydrogens (primary N) is 3. The van der Waals surface area contributed by atoms with Crippen LogP contribution in [0.5, 0.6) is 0 Å². The minimum absolute atomic E-state index is 0.111. The van der Waals surface area contributed by atoms with Crippen molar-refractivity contribution in [3.8, 4) is 0 Å². The molecule has 114 valence electrons. The van der Waals surface area contributed by atoms with Crippen molar-refractivity contribution in [1.82, 2.24) is 9.97 Å². The molecule has 22 heavy (non-hydrogen) atoms. The topological polar surface area (TPSA) is 155 Å². The molecule has 0 saturated carbocycles. The molecule has 6 N–H and O–H groups in total. The van der Waals surface area contributed by atoms with E-state index in [0.29, 0.717) is 10.7 Å². The Kier molecular flexibility index (Phi) is 5.96. The number of amides is 3. The minimum atomic E-state index is -0.633. The predicted molar refractivity (Wildman–Crippen MR) is 79.0 cm³/mol. The summed E-state index contributed by atoms with van der Waals surface area (Å²) in [4.78, 5) is 38.8. The van der Waals surface area contributed by atoms with Crippen LogP contribution in [-0.4, -0.2) is 27.7 Å². The van der Waals surface area contributed by atoms with Gasteiger partial charge in [0.15, 0.2) is 0 Å². The van der Waals surface area contributed by atoms with Gasteiger partial charge in [-0.2, -0.15) is 0 Å². The average Bonchev–Trinajstić information content (AvgIpc) is 2.48. The zero-order valence-electron chi connectivity index (χ0n) is 11.2. The highest BCUT2D eigenvalue weighted by molar-refractivity contribution is 6.29. The van der Waals surface area contributed by atoms with Gasteiger partial charge in [-0.15, -0.1) is 0 Å². The number of aromatic nitrogens is 2. The van der Waals surface area contributed by atoms with Crippen LogP contribution in [0.3, 0.4) is 0 Å². The molecule has 9 heteroatoms. The Morgan fingerprint density at radius 3 is 1.59 bits per heavy atom. The summed E-state index contributed by atoms with van der Waals surface area (Å²) in [7, 11) is 0. The van der Waals surface area contributed by atoms with Crippen LogP contribution in [0.2, 0.25) is 5.15 Å². The number of nitrogens with zero attached hydrogens (tertiary/aromatic N) is 2. The summed E-state index contributed by atoms with van der Waals surface area (Å²) in [6.07, 6.45) is 2.55. The first-order valence-corrected chi connectivity index (χ1v) is 6.16. The van der Waals surface area contributed by atoms with Crippen molar-refractivity contribution in [2.75, 3.05) is 0 Å². The van der Waals surface area contributed by atoms with E-state index in [2.05, 4.69) is 9.97 Å². The average molecular weight is 322 g/mol. The molecular weight excluding hydrogens is 310 g/mol. The number of carbonyl (C=O) groups is 3. The lowest BCUT2D eigenvalue weighted by atomic mass is 10.2. The Balaban J connectivity index is 0.000000224. The van der Waals surface area contributed by atoms with Gasteiger partial charge in [0.25, 0.3) is 5.91 Å². The second-order valence-electron chi connectivity index (χ2n) is 3.89. The minimum Gasteiger partial charge on any atom is -0.366 e. The maximum atomic E-state index is 10.5. The van der Waals surface area contributed by atoms with Crippen LogP contribution in [0, 0.1) is 0 Å². The van der Waals surface area contributed by atoms with E-state index in [1.807, 2.05) is 0 Å². The van der Waals surface area contributed by atoms with Crippen LogP contribution in [0.25, 0.3) is 0 Å². The SMILES string of the molecule is NC(=O)c1ccc(C(N)=O)nc1.NC(=O)c1ccc(Cl)nc1. The van der Waals surface area contributed by atoms with Gasteiger partial charge in [0.05, 0.1) is 11.1 Å². The van der Waals surface area contributed by atoms with E-state index in [9.17, 15) is 14.4 Å². The first-order chi connectivity index (χ1) is 10.3. The standard InChI is InChI=1S/C7H7N3O2.C6H5ClN2O/c8-6(11)4-1-2-5(7(9)12)10-3-4;7-5-2-1-4(3-9-5)6(8)10/h1-3H,(H2,8,11)(H2,9,12);1-3H,(H2,8,10). The zero-order chi connectivity index (χ0) is 16.7.